The molecule has 0 saturated heterocycles. The molecule has 100 valence electrons. The average Bonchev–Trinajstić information content (AvgIpc) is 2.72. The molecule has 0 aliphatic heterocycles. The van der Waals surface area contributed by atoms with E-state index in [1.165, 1.54) is 18.4 Å². The number of fused-ring (bicyclic) bond motifs is 1. The van der Waals surface area contributed by atoms with Crippen LogP contribution < -0.4 is 5.32 Å². The number of carbonyl (C=O) groups is 2. The van der Waals surface area contributed by atoms with Crippen molar-refractivity contribution in [3.05, 3.63) is 33.1 Å². The maximum Gasteiger partial charge on any atom is 0.325 e. The fourth-order valence-electron chi connectivity index (χ4n) is 1.49. The van der Waals surface area contributed by atoms with E-state index in [0.717, 1.165) is 10.1 Å². The summed E-state index contributed by atoms with van der Waals surface area (Å²) < 4.78 is 5.26. The van der Waals surface area contributed by atoms with Crippen LogP contribution in [0.5, 0.6) is 0 Å². The van der Waals surface area contributed by atoms with Gasteiger partial charge in [-0.05, 0) is 12.1 Å². The largest absolute Gasteiger partial charge is 0.468 e. The molecule has 0 unspecified atom stereocenters. The molecule has 19 heavy (non-hydrogen) atoms. The van der Waals surface area contributed by atoms with Gasteiger partial charge in [0, 0.05) is 15.1 Å². The molecule has 0 radical (unpaired) electrons. The second-order valence-electron chi connectivity index (χ2n) is 3.64. The van der Waals surface area contributed by atoms with Gasteiger partial charge in [0.2, 0.25) is 0 Å². The number of nitrogens with one attached hydrogen (secondary N) is 1. The molecule has 0 spiro atoms. The number of carbonyl (C=O) groups excluding carboxylic acids is 2. The molecule has 7 heteroatoms. The van der Waals surface area contributed by atoms with E-state index in [1.807, 2.05) is 0 Å². The number of methoxy groups -OCH3 is 1. The van der Waals surface area contributed by atoms with Crippen molar-refractivity contribution < 1.29 is 14.3 Å². The minimum Gasteiger partial charge on any atom is -0.468 e. The van der Waals surface area contributed by atoms with E-state index in [2.05, 4.69) is 10.1 Å². The van der Waals surface area contributed by atoms with E-state index in [9.17, 15) is 9.59 Å². The molecule has 0 saturated carbocycles. The molecule has 0 aliphatic carbocycles. The Morgan fingerprint density at radius 3 is 2.79 bits per heavy atom. The Balaban J connectivity index is 2.27. The topological polar surface area (TPSA) is 55.4 Å². The van der Waals surface area contributed by atoms with E-state index < -0.39 is 11.9 Å². The number of ether oxygens (including phenoxy) is 1. The van der Waals surface area contributed by atoms with Crippen LogP contribution in [0.25, 0.3) is 10.1 Å². The van der Waals surface area contributed by atoms with Crippen LogP contribution in [0.2, 0.25) is 10.0 Å². The van der Waals surface area contributed by atoms with Crippen molar-refractivity contribution in [2.24, 2.45) is 0 Å². The number of rotatable bonds is 3. The molecule has 0 aliphatic rings. The summed E-state index contributed by atoms with van der Waals surface area (Å²) in [5.74, 6) is -0.929. The van der Waals surface area contributed by atoms with Crippen molar-refractivity contribution in [2.45, 2.75) is 0 Å². The first-order valence-electron chi connectivity index (χ1n) is 5.25. The van der Waals surface area contributed by atoms with Crippen LogP contribution in [-0.2, 0) is 9.53 Å². The number of thiophene rings is 1. The van der Waals surface area contributed by atoms with Crippen LogP contribution in [0.15, 0.2) is 18.2 Å². The number of amides is 1. The Labute approximate surface area is 123 Å². The summed E-state index contributed by atoms with van der Waals surface area (Å²) in [4.78, 5) is 23.2. The zero-order chi connectivity index (χ0) is 14.0. The Morgan fingerprint density at radius 2 is 2.11 bits per heavy atom. The molecule has 1 aromatic carbocycles. The molecule has 1 N–H and O–H groups in total. The number of esters is 1. The highest BCUT2D eigenvalue weighted by Gasteiger charge is 2.17. The minimum atomic E-state index is -0.520. The summed E-state index contributed by atoms with van der Waals surface area (Å²) in [6, 6.07) is 5.21. The highest BCUT2D eigenvalue weighted by molar-refractivity contribution is 7.21. The van der Waals surface area contributed by atoms with Crippen LogP contribution in [0.4, 0.5) is 0 Å². The van der Waals surface area contributed by atoms with Crippen molar-refractivity contribution in [3.63, 3.8) is 0 Å². The van der Waals surface area contributed by atoms with E-state index >= 15 is 0 Å². The zero-order valence-corrected chi connectivity index (χ0v) is 12.2. The van der Waals surface area contributed by atoms with E-state index in [1.54, 1.807) is 18.2 Å². The van der Waals surface area contributed by atoms with E-state index in [-0.39, 0.29) is 6.54 Å². The smallest absolute Gasteiger partial charge is 0.325 e. The fourth-order valence-corrected chi connectivity index (χ4v) is 3.20. The highest BCUT2D eigenvalue weighted by Crippen LogP contribution is 2.36. The summed E-state index contributed by atoms with van der Waals surface area (Å²) in [5.41, 5.74) is 0. The molecule has 0 fully saturated rings. The predicted molar refractivity (Wildman–Crippen MR) is 76.2 cm³/mol. The van der Waals surface area contributed by atoms with Crippen molar-refractivity contribution in [1.29, 1.82) is 0 Å². The molecular weight excluding hydrogens is 309 g/mol. The second-order valence-corrected chi connectivity index (χ2v) is 5.51. The van der Waals surface area contributed by atoms with Crippen LogP contribution in [0, 0.1) is 0 Å². The summed E-state index contributed by atoms with van der Waals surface area (Å²) in [5, 5.41) is 4.14. The van der Waals surface area contributed by atoms with Gasteiger partial charge in [0.1, 0.15) is 11.4 Å². The zero-order valence-electron chi connectivity index (χ0n) is 9.83. The van der Waals surface area contributed by atoms with Crippen molar-refractivity contribution in [3.8, 4) is 0 Å². The van der Waals surface area contributed by atoms with Gasteiger partial charge in [-0.2, -0.15) is 0 Å². The first-order valence-corrected chi connectivity index (χ1v) is 6.82. The fraction of sp³-hybridized carbons (Fsp3) is 0.167. The van der Waals surface area contributed by atoms with Crippen LogP contribution in [0.3, 0.4) is 0 Å². The molecule has 0 bridgehead atoms. The molecule has 1 aromatic heterocycles. The molecule has 1 heterocycles. The van der Waals surface area contributed by atoms with Crippen LogP contribution in [-0.4, -0.2) is 25.5 Å². The van der Waals surface area contributed by atoms with Crippen LogP contribution in [0.1, 0.15) is 9.67 Å². The highest BCUT2D eigenvalue weighted by atomic mass is 35.5. The lowest BCUT2D eigenvalue weighted by atomic mass is 10.2. The minimum absolute atomic E-state index is 0.194. The quantitative estimate of drug-likeness (QED) is 0.885. The van der Waals surface area contributed by atoms with Gasteiger partial charge in [0.15, 0.2) is 0 Å². The van der Waals surface area contributed by atoms with Gasteiger partial charge in [0.25, 0.3) is 5.91 Å². The maximum atomic E-state index is 11.9. The monoisotopic (exact) mass is 317 g/mol. The first kappa shape index (κ1) is 14.1. The number of benzene rings is 1. The predicted octanol–water partition coefficient (Wildman–Crippen LogP) is 3.11. The molecule has 4 nitrogen and oxygen atoms in total. The first-order chi connectivity index (χ1) is 9.02. The van der Waals surface area contributed by atoms with Gasteiger partial charge in [-0.3, -0.25) is 9.59 Å². The van der Waals surface area contributed by atoms with Gasteiger partial charge in [-0.25, -0.2) is 0 Å². The third-order valence-corrected chi connectivity index (χ3v) is 4.31. The Morgan fingerprint density at radius 1 is 1.37 bits per heavy atom. The number of hydrogen-bond donors (Lipinski definition) is 1. The third-order valence-electron chi connectivity index (χ3n) is 2.42. The van der Waals surface area contributed by atoms with Gasteiger partial charge >= 0.3 is 5.97 Å². The molecule has 2 aromatic rings. The number of halogens is 2. The summed E-state index contributed by atoms with van der Waals surface area (Å²) in [7, 11) is 1.25. The van der Waals surface area contributed by atoms with Gasteiger partial charge in [0.05, 0.1) is 12.1 Å². The SMILES string of the molecule is COC(=O)CNC(=O)c1sc2cc(Cl)ccc2c1Cl. The van der Waals surface area contributed by atoms with E-state index in [0.29, 0.717) is 14.9 Å². The van der Waals surface area contributed by atoms with Crippen molar-refractivity contribution >= 4 is 56.5 Å². The van der Waals surface area contributed by atoms with Gasteiger partial charge in [-0.15, -0.1) is 11.3 Å². The van der Waals surface area contributed by atoms with Gasteiger partial charge < -0.3 is 10.1 Å². The number of hydrogen-bond acceptors (Lipinski definition) is 4. The normalized spacial score (nSPS) is 10.5. The third kappa shape index (κ3) is 3.00. The van der Waals surface area contributed by atoms with Crippen LogP contribution >= 0.6 is 34.5 Å². The molecular formula is C12H9Cl2NO3S. The Hall–Kier alpha value is -1.30. The summed E-state index contributed by atoms with van der Waals surface area (Å²) >= 11 is 13.3. The lowest BCUT2D eigenvalue weighted by Crippen LogP contribution is -2.29. The van der Waals surface area contributed by atoms with E-state index in [4.69, 9.17) is 23.2 Å². The molecule has 0 atom stereocenters. The van der Waals surface area contributed by atoms with Crippen molar-refractivity contribution in [2.75, 3.05) is 13.7 Å². The Bertz CT molecular complexity index is 654. The molecule has 1 amide bonds. The lowest BCUT2D eigenvalue weighted by Gasteiger charge is -2.01. The summed E-state index contributed by atoms with van der Waals surface area (Å²) in [6.07, 6.45) is 0. The second kappa shape index (κ2) is 5.77. The van der Waals surface area contributed by atoms with Crippen molar-refractivity contribution in [1.82, 2.24) is 5.32 Å². The average molecular weight is 318 g/mol. The summed E-state index contributed by atoms with van der Waals surface area (Å²) in [6.45, 7) is -0.194. The molecule has 2 rings (SSSR count). The maximum absolute atomic E-state index is 11.9. The lowest BCUT2D eigenvalue weighted by molar-refractivity contribution is -0.139. The van der Waals surface area contributed by atoms with Gasteiger partial charge in [-0.1, -0.05) is 29.3 Å². The standard InChI is InChI=1S/C12H9Cl2NO3S/c1-18-9(16)5-15-12(17)11-10(14)7-3-2-6(13)4-8(7)19-11/h2-4H,5H2,1H3,(H,15,17). The Kier molecular flexibility index (Phi) is 4.29.